The predicted molar refractivity (Wildman–Crippen MR) is 91.9 cm³/mol. The lowest BCUT2D eigenvalue weighted by Gasteiger charge is -2.29. The van der Waals surface area contributed by atoms with Gasteiger partial charge in [0, 0.05) is 24.6 Å². The molecule has 0 radical (unpaired) electrons. The van der Waals surface area contributed by atoms with Crippen LogP contribution in [0, 0.1) is 5.92 Å². The second-order valence-electron chi connectivity index (χ2n) is 5.99. The van der Waals surface area contributed by atoms with Gasteiger partial charge in [-0.25, -0.2) is 0 Å². The highest BCUT2D eigenvalue weighted by atomic mass is 32.2. The van der Waals surface area contributed by atoms with E-state index in [2.05, 4.69) is 17.3 Å². The molecule has 0 aromatic carbocycles. The van der Waals surface area contributed by atoms with Crippen molar-refractivity contribution < 1.29 is 9.59 Å². The predicted octanol–water partition coefficient (Wildman–Crippen LogP) is 1.64. The van der Waals surface area contributed by atoms with Crippen LogP contribution in [0.5, 0.6) is 0 Å². The summed E-state index contributed by atoms with van der Waals surface area (Å²) in [7, 11) is 0. The molecular weight excluding hydrogens is 312 g/mol. The van der Waals surface area contributed by atoms with Crippen molar-refractivity contribution >= 4 is 23.6 Å². The van der Waals surface area contributed by atoms with Crippen molar-refractivity contribution in [2.45, 2.75) is 46.8 Å². The Bertz CT molecular complexity index is 556. The van der Waals surface area contributed by atoms with Crippen molar-refractivity contribution in [3.05, 3.63) is 17.5 Å². The van der Waals surface area contributed by atoms with Crippen LogP contribution < -0.4 is 5.32 Å². The van der Waals surface area contributed by atoms with Crippen LogP contribution in [0.15, 0.2) is 6.07 Å². The van der Waals surface area contributed by atoms with E-state index in [1.54, 1.807) is 11.8 Å². The van der Waals surface area contributed by atoms with Gasteiger partial charge in [-0.3, -0.25) is 14.3 Å². The molecule has 1 aromatic heterocycles. The molecule has 2 heterocycles. The molecule has 0 bridgehead atoms. The van der Waals surface area contributed by atoms with Gasteiger partial charge in [0.1, 0.15) is 0 Å². The number of aromatic nitrogens is 2. The highest BCUT2D eigenvalue weighted by Crippen LogP contribution is 2.16. The Kier molecular flexibility index (Phi) is 6.50. The smallest absolute Gasteiger partial charge is 0.225 e. The van der Waals surface area contributed by atoms with Gasteiger partial charge in [-0.05, 0) is 11.8 Å². The minimum Gasteiger partial charge on any atom is -0.350 e. The minimum atomic E-state index is 0.0178. The number of nitrogens with one attached hydrogen (secondary N) is 1. The average molecular weight is 338 g/mol. The van der Waals surface area contributed by atoms with Crippen LogP contribution in [0.3, 0.4) is 0 Å². The molecular formula is C16H26N4O2S. The largest absolute Gasteiger partial charge is 0.350 e. The molecule has 0 aliphatic carbocycles. The lowest BCUT2D eigenvalue weighted by atomic mass is 10.1. The molecule has 0 unspecified atom stereocenters. The number of hydrogen-bond acceptors (Lipinski definition) is 4. The van der Waals surface area contributed by atoms with Crippen LogP contribution >= 0.6 is 11.8 Å². The molecule has 0 saturated carbocycles. The van der Waals surface area contributed by atoms with Gasteiger partial charge in [-0.2, -0.15) is 16.9 Å². The molecule has 2 rings (SSSR count). The number of thioether (sulfide) groups is 1. The Labute approximate surface area is 142 Å². The molecule has 1 aromatic rings. The van der Waals surface area contributed by atoms with Crippen molar-refractivity contribution in [1.29, 1.82) is 0 Å². The summed E-state index contributed by atoms with van der Waals surface area (Å²) in [6.45, 7) is 8.41. The van der Waals surface area contributed by atoms with Gasteiger partial charge < -0.3 is 10.2 Å². The van der Waals surface area contributed by atoms with Crippen LogP contribution in [0.1, 0.15) is 38.6 Å². The summed E-state index contributed by atoms with van der Waals surface area (Å²) in [4.78, 5) is 25.7. The summed E-state index contributed by atoms with van der Waals surface area (Å²) >= 11 is 1.77. The Balaban J connectivity index is 1.86. The van der Waals surface area contributed by atoms with Crippen LogP contribution in [0.25, 0.3) is 0 Å². The first-order chi connectivity index (χ1) is 11.0. The monoisotopic (exact) mass is 338 g/mol. The van der Waals surface area contributed by atoms with Gasteiger partial charge in [-0.1, -0.05) is 20.8 Å². The molecule has 6 nitrogen and oxygen atoms in total. The SMILES string of the molecule is CCSCCC(=O)NCc1cc2n(n1)CCN(C(=O)C(C)C)C2. The van der Waals surface area contributed by atoms with Crippen molar-refractivity contribution in [2.24, 2.45) is 5.92 Å². The quantitative estimate of drug-likeness (QED) is 0.768. The number of amides is 2. The second kappa shape index (κ2) is 8.38. The Morgan fingerprint density at radius 3 is 2.87 bits per heavy atom. The van der Waals surface area contributed by atoms with E-state index in [0.717, 1.165) is 29.4 Å². The fourth-order valence-corrected chi connectivity index (χ4v) is 3.17. The van der Waals surface area contributed by atoms with E-state index in [-0.39, 0.29) is 17.7 Å². The van der Waals surface area contributed by atoms with Gasteiger partial charge >= 0.3 is 0 Å². The zero-order chi connectivity index (χ0) is 16.8. The lowest BCUT2D eigenvalue weighted by molar-refractivity contribution is -0.136. The van der Waals surface area contributed by atoms with Crippen molar-refractivity contribution in [2.75, 3.05) is 18.1 Å². The summed E-state index contributed by atoms with van der Waals surface area (Å²) in [6, 6.07) is 1.99. The normalized spacial score (nSPS) is 14.0. The van der Waals surface area contributed by atoms with E-state index in [1.165, 1.54) is 0 Å². The Morgan fingerprint density at radius 2 is 2.17 bits per heavy atom. The molecule has 0 spiro atoms. The van der Waals surface area contributed by atoms with E-state index in [9.17, 15) is 9.59 Å². The molecule has 1 aliphatic heterocycles. The fourth-order valence-electron chi connectivity index (χ4n) is 2.55. The van der Waals surface area contributed by atoms with E-state index >= 15 is 0 Å². The third kappa shape index (κ3) is 4.99. The fraction of sp³-hybridized carbons (Fsp3) is 0.688. The van der Waals surface area contributed by atoms with E-state index in [0.29, 0.717) is 26.1 Å². The lowest BCUT2D eigenvalue weighted by Crippen LogP contribution is -2.40. The average Bonchev–Trinajstić information content (AvgIpc) is 2.94. The summed E-state index contributed by atoms with van der Waals surface area (Å²) in [5, 5.41) is 7.43. The van der Waals surface area contributed by atoms with Crippen molar-refractivity contribution in [3.8, 4) is 0 Å². The van der Waals surface area contributed by atoms with Gasteiger partial charge in [0.2, 0.25) is 11.8 Å². The van der Waals surface area contributed by atoms with E-state index in [1.807, 2.05) is 29.5 Å². The third-order valence-corrected chi connectivity index (χ3v) is 4.70. The Hall–Kier alpha value is -1.50. The highest BCUT2D eigenvalue weighted by Gasteiger charge is 2.23. The van der Waals surface area contributed by atoms with Gasteiger partial charge in [0.15, 0.2) is 0 Å². The van der Waals surface area contributed by atoms with E-state index in [4.69, 9.17) is 0 Å². The first-order valence-corrected chi connectivity index (χ1v) is 9.35. The summed E-state index contributed by atoms with van der Waals surface area (Å²) in [5.74, 6) is 2.15. The molecule has 0 atom stereocenters. The molecule has 1 aliphatic rings. The molecule has 7 heteroatoms. The topological polar surface area (TPSA) is 67.2 Å². The molecule has 23 heavy (non-hydrogen) atoms. The van der Waals surface area contributed by atoms with Gasteiger partial charge in [0.05, 0.1) is 31.0 Å². The van der Waals surface area contributed by atoms with Crippen LogP contribution in [0.4, 0.5) is 0 Å². The second-order valence-corrected chi connectivity index (χ2v) is 7.38. The zero-order valence-corrected chi connectivity index (χ0v) is 15.0. The highest BCUT2D eigenvalue weighted by molar-refractivity contribution is 7.99. The number of carbonyl (C=O) groups is 2. The summed E-state index contributed by atoms with van der Waals surface area (Å²) in [5.41, 5.74) is 1.89. The van der Waals surface area contributed by atoms with Gasteiger partial charge in [-0.15, -0.1) is 0 Å². The molecule has 2 amide bonds. The van der Waals surface area contributed by atoms with Crippen molar-refractivity contribution in [3.63, 3.8) is 0 Å². The minimum absolute atomic E-state index is 0.0178. The third-order valence-electron chi connectivity index (χ3n) is 3.80. The maximum absolute atomic E-state index is 12.1. The van der Waals surface area contributed by atoms with Crippen LogP contribution in [0.2, 0.25) is 0 Å². The number of nitrogens with zero attached hydrogens (tertiary/aromatic N) is 3. The maximum Gasteiger partial charge on any atom is 0.225 e. The molecule has 128 valence electrons. The van der Waals surface area contributed by atoms with Crippen LogP contribution in [-0.2, 0) is 29.2 Å². The number of fused-ring (bicyclic) bond motifs is 1. The van der Waals surface area contributed by atoms with Gasteiger partial charge in [0.25, 0.3) is 0 Å². The summed E-state index contributed by atoms with van der Waals surface area (Å²) < 4.78 is 1.94. The van der Waals surface area contributed by atoms with E-state index < -0.39 is 0 Å². The molecule has 1 N–H and O–H groups in total. The Morgan fingerprint density at radius 1 is 1.39 bits per heavy atom. The van der Waals surface area contributed by atoms with Crippen LogP contribution in [-0.4, -0.2) is 44.5 Å². The first kappa shape index (κ1) is 17.8. The maximum atomic E-state index is 12.1. The molecule has 0 saturated heterocycles. The van der Waals surface area contributed by atoms with Crippen molar-refractivity contribution in [1.82, 2.24) is 20.0 Å². The molecule has 0 fully saturated rings. The summed E-state index contributed by atoms with van der Waals surface area (Å²) in [6.07, 6.45) is 0.544. The first-order valence-electron chi connectivity index (χ1n) is 8.20. The number of carbonyl (C=O) groups excluding carboxylic acids is 2. The number of rotatable bonds is 7. The standard InChI is InChI=1S/C16H26N4O2S/c1-4-23-8-5-15(21)17-10-13-9-14-11-19(16(22)12(2)3)6-7-20(14)18-13/h9,12H,4-8,10-11H2,1-3H3,(H,17,21). The number of hydrogen-bond donors (Lipinski definition) is 1. The zero-order valence-electron chi connectivity index (χ0n) is 14.2.